The summed E-state index contributed by atoms with van der Waals surface area (Å²) in [5.74, 6) is 0.745. The highest BCUT2D eigenvalue weighted by Gasteiger charge is 2.32. The zero-order valence-corrected chi connectivity index (χ0v) is 17.9. The molecule has 0 radical (unpaired) electrons. The molecule has 0 bridgehead atoms. The van der Waals surface area contributed by atoms with Gasteiger partial charge in [-0.3, -0.25) is 0 Å². The molecular weight excluding hydrogens is 425 g/mol. The molecule has 2 aromatic carbocycles. The van der Waals surface area contributed by atoms with Gasteiger partial charge in [-0.05, 0) is 49.4 Å². The van der Waals surface area contributed by atoms with Crippen LogP contribution < -0.4 is 10.5 Å². The Morgan fingerprint density at radius 2 is 1.76 bits per heavy atom. The first-order valence-electron chi connectivity index (χ1n) is 10.4. The van der Waals surface area contributed by atoms with Gasteiger partial charge in [-0.2, -0.15) is 4.98 Å². The SMILES string of the molecule is CC1(N)COC(c2nc(-c3ccc(F)cc3)c(-c3ccnc(Oc4ccccc4)n3)[nH]2)OC1. The number of ether oxygens (including phenoxy) is 3. The van der Waals surface area contributed by atoms with Crippen molar-refractivity contribution in [2.45, 2.75) is 18.8 Å². The molecule has 1 fully saturated rings. The standard InChI is InChI=1S/C24H22FN5O3/c1-24(26)13-31-22(32-14-24)21-29-19(15-7-9-16(25)10-8-15)20(30-21)18-11-12-27-23(28-18)33-17-5-3-2-4-6-17/h2-12,22H,13-14,26H2,1H3,(H,29,30). The summed E-state index contributed by atoms with van der Waals surface area (Å²) in [7, 11) is 0. The summed E-state index contributed by atoms with van der Waals surface area (Å²) in [6.07, 6.45) is 0.889. The van der Waals surface area contributed by atoms with Crippen molar-refractivity contribution in [2.75, 3.05) is 13.2 Å². The van der Waals surface area contributed by atoms with Crippen molar-refractivity contribution in [1.29, 1.82) is 0 Å². The average molecular weight is 447 g/mol. The number of aromatic nitrogens is 4. The van der Waals surface area contributed by atoms with Gasteiger partial charge < -0.3 is 24.9 Å². The second-order valence-corrected chi connectivity index (χ2v) is 8.10. The van der Waals surface area contributed by atoms with Crippen molar-refractivity contribution in [1.82, 2.24) is 19.9 Å². The molecule has 0 unspecified atom stereocenters. The summed E-state index contributed by atoms with van der Waals surface area (Å²) >= 11 is 0. The zero-order chi connectivity index (χ0) is 22.8. The van der Waals surface area contributed by atoms with Crippen LogP contribution in [-0.4, -0.2) is 38.7 Å². The average Bonchev–Trinajstić information content (AvgIpc) is 3.26. The molecule has 2 aromatic heterocycles. The first kappa shape index (κ1) is 21.2. The molecule has 1 saturated heterocycles. The quantitative estimate of drug-likeness (QED) is 0.471. The van der Waals surface area contributed by atoms with E-state index >= 15 is 0 Å². The Bertz CT molecular complexity index is 1230. The van der Waals surface area contributed by atoms with E-state index in [-0.39, 0.29) is 11.8 Å². The molecule has 1 aliphatic heterocycles. The van der Waals surface area contributed by atoms with Gasteiger partial charge in [0.2, 0.25) is 6.29 Å². The Morgan fingerprint density at radius 1 is 1.03 bits per heavy atom. The lowest BCUT2D eigenvalue weighted by Gasteiger charge is -2.33. The minimum Gasteiger partial charge on any atom is -0.424 e. The number of halogens is 1. The van der Waals surface area contributed by atoms with E-state index < -0.39 is 11.8 Å². The van der Waals surface area contributed by atoms with Gasteiger partial charge in [0.25, 0.3) is 0 Å². The molecule has 0 atom stereocenters. The minimum atomic E-state index is -0.712. The Hall–Kier alpha value is -3.66. The molecule has 8 nitrogen and oxygen atoms in total. The van der Waals surface area contributed by atoms with Crippen molar-refractivity contribution in [3.63, 3.8) is 0 Å². The van der Waals surface area contributed by atoms with Crippen LogP contribution in [-0.2, 0) is 9.47 Å². The fourth-order valence-corrected chi connectivity index (χ4v) is 3.41. The monoisotopic (exact) mass is 447 g/mol. The second kappa shape index (κ2) is 8.70. The molecule has 9 heteroatoms. The van der Waals surface area contributed by atoms with Gasteiger partial charge in [0.05, 0.1) is 35.8 Å². The van der Waals surface area contributed by atoms with E-state index in [1.165, 1.54) is 12.1 Å². The molecule has 4 aromatic rings. The molecule has 168 valence electrons. The Kier molecular flexibility index (Phi) is 5.59. The molecule has 0 aliphatic carbocycles. The summed E-state index contributed by atoms with van der Waals surface area (Å²) in [5, 5.41) is 0. The third kappa shape index (κ3) is 4.75. The van der Waals surface area contributed by atoms with Gasteiger partial charge in [-0.15, -0.1) is 0 Å². The number of rotatable bonds is 5. The third-order valence-electron chi connectivity index (χ3n) is 5.03. The van der Waals surface area contributed by atoms with Gasteiger partial charge in [0.15, 0.2) is 5.82 Å². The van der Waals surface area contributed by atoms with Gasteiger partial charge in [0, 0.05) is 11.8 Å². The summed E-state index contributed by atoms with van der Waals surface area (Å²) in [5.41, 5.74) is 7.94. The number of nitrogens with zero attached hydrogens (tertiary/aromatic N) is 3. The first-order chi connectivity index (χ1) is 16.0. The topological polar surface area (TPSA) is 108 Å². The molecule has 3 N–H and O–H groups in total. The van der Waals surface area contributed by atoms with E-state index in [2.05, 4.69) is 15.0 Å². The zero-order valence-electron chi connectivity index (χ0n) is 17.9. The summed E-state index contributed by atoms with van der Waals surface area (Å²) in [4.78, 5) is 16.7. The fourth-order valence-electron chi connectivity index (χ4n) is 3.41. The van der Waals surface area contributed by atoms with Crippen LogP contribution in [0.2, 0.25) is 0 Å². The van der Waals surface area contributed by atoms with Gasteiger partial charge in [-0.25, -0.2) is 14.4 Å². The van der Waals surface area contributed by atoms with Crippen LogP contribution in [0.25, 0.3) is 22.6 Å². The molecule has 33 heavy (non-hydrogen) atoms. The largest absolute Gasteiger partial charge is 0.424 e. The maximum atomic E-state index is 13.5. The van der Waals surface area contributed by atoms with Crippen LogP contribution in [0.5, 0.6) is 11.8 Å². The third-order valence-corrected chi connectivity index (χ3v) is 5.03. The molecule has 5 rings (SSSR count). The van der Waals surface area contributed by atoms with Crippen molar-refractivity contribution in [2.24, 2.45) is 5.73 Å². The van der Waals surface area contributed by atoms with Gasteiger partial charge in [0.1, 0.15) is 11.6 Å². The van der Waals surface area contributed by atoms with Crippen LogP contribution in [0.15, 0.2) is 66.9 Å². The Morgan fingerprint density at radius 3 is 2.48 bits per heavy atom. The summed E-state index contributed by atoms with van der Waals surface area (Å²) in [6, 6.07) is 17.2. The molecule has 3 heterocycles. The lowest BCUT2D eigenvalue weighted by molar-refractivity contribution is -0.211. The molecule has 1 aliphatic rings. The summed E-state index contributed by atoms with van der Waals surface area (Å²) < 4.78 is 30.9. The predicted octanol–water partition coefficient (Wildman–Crippen LogP) is 4.23. The van der Waals surface area contributed by atoms with Crippen LogP contribution >= 0.6 is 0 Å². The van der Waals surface area contributed by atoms with E-state index in [9.17, 15) is 4.39 Å². The van der Waals surface area contributed by atoms with Crippen molar-refractivity contribution < 1.29 is 18.6 Å². The lowest BCUT2D eigenvalue weighted by atomic mass is 10.1. The molecule has 0 spiro atoms. The number of H-pyrrole nitrogens is 1. The van der Waals surface area contributed by atoms with E-state index in [1.54, 1.807) is 24.4 Å². The van der Waals surface area contributed by atoms with Gasteiger partial charge >= 0.3 is 6.01 Å². The van der Waals surface area contributed by atoms with E-state index in [0.717, 1.165) is 0 Å². The van der Waals surface area contributed by atoms with E-state index in [4.69, 9.17) is 24.9 Å². The Labute approximate surface area is 189 Å². The van der Waals surface area contributed by atoms with Crippen LogP contribution in [0.4, 0.5) is 4.39 Å². The minimum absolute atomic E-state index is 0.184. The second-order valence-electron chi connectivity index (χ2n) is 8.10. The number of para-hydroxylation sites is 1. The smallest absolute Gasteiger partial charge is 0.322 e. The highest BCUT2D eigenvalue weighted by atomic mass is 19.1. The van der Waals surface area contributed by atoms with Crippen LogP contribution in [0.1, 0.15) is 19.0 Å². The normalized spacial score (nSPS) is 20.5. The Balaban J connectivity index is 1.52. The molecule has 0 saturated carbocycles. The first-order valence-corrected chi connectivity index (χ1v) is 10.4. The van der Waals surface area contributed by atoms with Crippen molar-refractivity contribution in [3.8, 4) is 34.4 Å². The predicted molar refractivity (Wildman–Crippen MR) is 119 cm³/mol. The van der Waals surface area contributed by atoms with Crippen LogP contribution in [0.3, 0.4) is 0 Å². The fraction of sp³-hybridized carbons (Fsp3) is 0.208. The number of nitrogens with two attached hydrogens (primary N) is 1. The number of aromatic amines is 1. The lowest BCUT2D eigenvalue weighted by Crippen LogP contribution is -2.50. The van der Waals surface area contributed by atoms with Crippen molar-refractivity contribution in [3.05, 3.63) is 78.5 Å². The number of nitrogens with one attached hydrogen (secondary N) is 1. The number of hydrogen-bond acceptors (Lipinski definition) is 7. The van der Waals surface area contributed by atoms with E-state index in [0.29, 0.717) is 47.4 Å². The number of imidazole rings is 1. The van der Waals surface area contributed by atoms with Gasteiger partial charge in [-0.1, -0.05) is 18.2 Å². The highest BCUT2D eigenvalue weighted by Crippen LogP contribution is 2.34. The molecule has 0 amide bonds. The van der Waals surface area contributed by atoms with Crippen molar-refractivity contribution >= 4 is 0 Å². The van der Waals surface area contributed by atoms with Crippen LogP contribution in [0, 0.1) is 5.82 Å². The maximum Gasteiger partial charge on any atom is 0.322 e. The number of benzene rings is 2. The highest BCUT2D eigenvalue weighted by molar-refractivity contribution is 5.76. The number of hydrogen-bond donors (Lipinski definition) is 2. The van der Waals surface area contributed by atoms with E-state index in [1.807, 2.05) is 37.3 Å². The summed E-state index contributed by atoms with van der Waals surface area (Å²) in [6.45, 7) is 2.50. The molecular formula is C24H22FN5O3. The maximum absolute atomic E-state index is 13.5.